The number of carboxylic acid groups (broad SMARTS) is 1. The molecule has 0 amide bonds. The van der Waals surface area contributed by atoms with Gasteiger partial charge >= 0.3 is 5.97 Å². The van der Waals surface area contributed by atoms with Crippen molar-refractivity contribution in [3.05, 3.63) is 33.1 Å². The Morgan fingerprint density at radius 3 is 2.80 bits per heavy atom. The van der Waals surface area contributed by atoms with E-state index in [1.54, 1.807) is 10.6 Å². The van der Waals surface area contributed by atoms with E-state index in [1.807, 2.05) is 12.3 Å². The molecule has 0 unspecified atom stereocenters. The quantitative estimate of drug-likeness (QED) is 0.918. The predicted octanol–water partition coefficient (Wildman–Crippen LogP) is 2.49. The van der Waals surface area contributed by atoms with Gasteiger partial charge in [-0.25, -0.2) is 4.98 Å². The van der Waals surface area contributed by atoms with Crippen molar-refractivity contribution in [3.8, 4) is 0 Å². The Bertz CT molecular complexity index is 497. The average Bonchev–Trinajstić information content (AvgIpc) is 2.46. The maximum absolute atomic E-state index is 10.5. The van der Waals surface area contributed by atoms with E-state index in [1.165, 1.54) is 0 Å². The molecule has 78 valence electrons. The molecule has 0 aliphatic heterocycles. The lowest BCUT2D eigenvalue weighted by molar-refractivity contribution is -0.136. The third-order valence-corrected chi connectivity index (χ3v) is 3.70. The van der Waals surface area contributed by atoms with E-state index in [2.05, 4.69) is 36.8 Å². The predicted molar refractivity (Wildman–Crippen MR) is 61.9 cm³/mol. The first-order valence-electron chi connectivity index (χ1n) is 4.10. The minimum absolute atomic E-state index is 0.0586. The third kappa shape index (κ3) is 2.21. The minimum atomic E-state index is -0.878. The molecule has 0 aliphatic carbocycles. The van der Waals surface area contributed by atoms with E-state index in [0.29, 0.717) is 5.69 Å². The van der Waals surface area contributed by atoms with Crippen molar-refractivity contribution in [3.63, 3.8) is 0 Å². The summed E-state index contributed by atoms with van der Waals surface area (Å²) in [5, 5.41) is 8.63. The van der Waals surface area contributed by atoms with E-state index in [4.69, 9.17) is 5.11 Å². The molecule has 6 heteroatoms. The molecule has 0 radical (unpaired) electrons. The van der Waals surface area contributed by atoms with Crippen LogP contribution in [0.2, 0.25) is 0 Å². The SMILES string of the molecule is O=C(O)Cc1cn2cc(Br)c(Br)cc2n1. The van der Waals surface area contributed by atoms with Crippen molar-refractivity contribution >= 4 is 43.5 Å². The summed E-state index contributed by atoms with van der Waals surface area (Å²) in [6.07, 6.45) is 3.48. The molecule has 1 N–H and O–H groups in total. The maximum Gasteiger partial charge on any atom is 0.309 e. The zero-order chi connectivity index (χ0) is 11.0. The third-order valence-electron chi connectivity index (χ3n) is 1.88. The highest BCUT2D eigenvalue weighted by Crippen LogP contribution is 2.24. The first kappa shape index (κ1) is 10.6. The monoisotopic (exact) mass is 332 g/mol. The Balaban J connectivity index is 2.51. The number of hydrogen-bond acceptors (Lipinski definition) is 2. The van der Waals surface area contributed by atoms with E-state index >= 15 is 0 Å². The molecular formula is C9H6Br2N2O2. The Morgan fingerprint density at radius 1 is 1.40 bits per heavy atom. The van der Waals surface area contributed by atoms with Gasteiger partial charge in [0.25, 0.3) is 0 Å². The van der Waals surface area contributed by atoms with Gasteiger partial charge < -0.3 is 9.51 Å². The number of halogens is 2. The van der Waals surface area contributed by atoms with Crippen LogP contribution in [0.5, 0.6) is 0 Å². The second kappa shape index (κ2) is 3.94. The van der Waals surface area contributed by atoms with E-state index in [-0.39, 0.29) is 6.42 Å². The molecule has 0 saturated carbocycles. The number of fused-ring (bicyclic) bond motifs is 1. The molecule has 0 aliphatic rings. The number of carbonyl (C=O) groups is 1. The summed E-state index contributed by atoms with van der Waals surface area (Å²) in [5.41, 5.74) is 1.27. The Hall–Kier alpha value is -0.880. The molecule has 15 heavy (non-hydrogen) atoms. The lowest BCUT2D eigenvalue weighted by Gasteiger charge is -1.96. The molecule has 4 nitrogen and oxygen atoms in total. The van der Waals surface area contributed by atoms with E-state index in [0.717, 1.165) is 14.6 Å². The topological polar surface area (TPSA) is 54.6 Å². The highest BCUT2D eigenvalue weighted by atomic mass is 79.9. The summed E-state index contributed by atoms with van der Waals surface area (Å²) in [5.74, 6) is -0.878. The summed E-state index contributed by atoms with van der Waals surface area (Å²) >= 11 is 6.72. The van der Waals surface area contributed by atoms with Crippen LogP contribution >= 0.6 is 31.9 Å². The lowest BCUT2D eigenvalue weighted by atomic mass is 10.3. The van der Waals surface area contributed by atoms with Gasteiger partial charge in [0.2, 0.25) is 0 Å². The van der Waals surface area contributed by atoms with Crippen molar-refractivity contribution in [2.24, 2.45) is 0 Å². The van der Waals surface area contributed by atoms with Gasteiger partial charge in [-0.3, -0.25) is 4.79 Å². The molecule has 2 aromatic heterocycles. The molecule has 0 fully saturated rings. The van der Waals surface area contributed by atoms with Crippen LogP contribution in [0.25, 0.3) is 5.65 Å². The van der Waals surface area contributed by atoms with Crippen LogP contribution in [0.4, 0.5) is 0 Å². The van der Waals surface area contributed by atoms with Gasteiger partial charge in [-0.05, 0) is 37.9 Å². The fraction of sp³-hybridized carbons (Fsp3) is 0.111. The largest absolute Gasteiger partial charge is 0.481 e. The smallest absolute Gasteiger partial charge is 0.309 e. The van der Waals surface area contributed by atoms with Crippen LogP contribution < -0.4 is 0 Å². The maximum atomic E-state index is 10.5. The Morgan fingerprint density at radius 2 is 2.13 bits per heavy atom. The second-order valence-corrected chi connectivity index (χ2v) is 4.75. The molecule has 0 atom stereocenters. The van der Waals surface area contributed by atoms with Crippen molar-refractivity contribution in [1.82, 2.24) is 9.38 Å². The van der Waals surface area contributed by atoms with Crippen LogP contribution in [0.3, 0.4) is 0 Å². The first-order chi connectivity index (χ1) is 7.06. The molecule has 0 bridgehead atoms. The number of hydrogen-bond donors (Lipinski definition) is 1. The van der Waals surface area contributed by atoms with Crippen LogP contribution in [-0.4, -0.2) is 20.5 Å². The molecule has 0 spiro atoms. The number of aromatic nitrogens is 2. The number of rotatable bonds is 2. The summed E-state index contributed by atoms with van der Waals surface area (Å²) in [6, 6.07) is 1.83. The van der Waals surface area contributed by atoms with Crippen molar-refractivity contribution in [1.29, 1.82) is 0 Å². The van der Waals surface area contributed by atoms with Gasteiger partial charge in [0.05, 0.1) is 12.1 Å². The fourth-order valence-corrected chi connectivity index (χ4v) is 1.92. The highest BCUT2D eigenvalue weighted by molar-refractivity contribution is 9.13. The lowest BCUT2D eigenvalue weighted by Crippen LogP contribution is -1.99. The van der Waals surface area contributed by atoms with Gasteiger partial charge in [-0.1, -0.05) is 0 Å². The second-order valence-electron chi connectivity index (χ2n) is 3.04. The van der Waals surface area contributed by atoms with Crippen LogP contribution in [-0.2, 0) is 11.2 Å². The zero-order valence-corrected chi connectivity index (χ0v) is 10.6. The van der Waals surface area contributed by atoms with Crippen molar-refractivity contribution in [2.75, 3.05) is 0 Å². The van der Waals surface area contributed by atoms with Gasteiger partial charge in [0.15, 0.2) is 0 Å². The molecule has 0 saturated heterocycles. The molecule has 0 aromatic carbocycles. The summed E-state index contributed by atoms with van der Waals surface area (Å²) in [7, 11) is 0. The molecular weight excluding hydrogens is 328 g/mol. The molecule has 2 heterocycles. The summed E-state index contributed by atoms with van der Waals surface area (Å²) in [4.78, 5) is 14.7. The van der Waals surface area contributed by atoms with E-state index < -0.39 is 5.97 Å². The van der Waals surface area contributed by atoms with Gasteiger partial charge in [-0.2, -0.15) is 0 Å². The average molecular weight is 334 g/mol. The van der Waals surface area contributed by atoms with Gasteiger partial charge in [0, 0.05) is 21.3 Å². The normalized spacial score (nSPS) is 10.8. The number of nitrogens with zero attached hydrogens (tertiary/aromatic N) is 2. The highest BCUT2D eigenvalue weighted by Gasteiger charge is 2.07. The fourth-order valence-electron chi connectivity index (χ4n) is 1.28. The number of aliphatic carboxylic acids is 1. The number of imidazole rings is 1. The zero-order valence-electron chi connectivity index (χ0n) is 7.44. The van der Waals surface area contributed by atoms with Crippen LogP contribution in [0.15, 0.2) is 27.4 Å². The Labute approximate surface area is 102 Å². The standard InChI is InChI=1S/C9H6Br2N2O2/c10-6-2-8-12-5(1-9(14)15)3-13(8)4-7(6)11/h2-4H,1H2,(H,14,15). The number of pyridine rings is 1. The van der Waals surface area contributed by atoms with E-state index in [9.17, 15) is 4.79 Å². The molecule has 2 rings (SSSR count). The van der Waals surface area contributed by atoms with Crippen molar-refractivity contribution < 1.29 is 9.90 Å². The summed E-state index contributed by atoms with van der Waals surface area (Å²) < 4.78 is 3.57. The first-order valence-corrected chi connectivity index (χ1v) is 5.69. The Kier molecular flexibility index (Phi) is 2.79. The minimum Gasteiger partial charge on any atom is -0.481 e. The van der Waals surface area contributed by atoms with Crippen molar-refractivity contribution in [2.45, 2.75) is 6.42 Å². The van der Waals surface area contributed by atoms with Crippen LogP contribution in [0, 0.1) is 0 Å². The summed E-state index contributed by atoms with van der Waals surface area (Å²) in [6.45, 7) is 0. The van der Waals surface area contributed by atoms with Crippen LogP contribution in [0.1, 0.15) is 5.69 Å². The van der Waals surface area contributed by atoms with Gasteiger partial charge in [-0.15, -0.1) is 0 Å². The van der Waals surface area contributed by atoms with Gasteiger partial charge in [0.1, 0.15) is 5.65 Å². The molecule has 2 aromatic rings. The number of carboxylic acids is 1.